The van der Waals surface area contributed by atoms with Crippen molar-refractivity contribution in [2.75, 3.05) is 50.6 Å². The van der Waals surface area contributed by atoms with Gasteiger partial charge in [0.15, 0.2) is 5.82 Å². The second-order valence-electron chi connectivity index (χ2n) is 8.54. The van der Waals surface area contributed by atoms with E-state index in [4.69, 9.17) is 9.84 Å². The van der Waals surface area contributed by atoms with Gasteiger partial charge in [-0.05, 0) is 42.0 Å². The van der Waals surface area contributed by atoms with Crippen LogP contribution in [0, 0.1) is 17.1 Å². The van der Waals surface area contributed by atoms with Crippen LogP contribution < -0.4 is 20.3 Å². The number of nitriles is 1. The van der Waals surface area contributed by atoms with Crippen LogP contribution in [0.5, 0.6) is 5.75 Å². The summed E-state index contributed by atoms with van der Waals surface area (Å²) in [4.78, 5) is 28.2. The standard InChI is InChI=1S/C28H24FN7O2.C2H6.CH4O/c1-38-25-4-2-3-21(29)26(25)27-33-10-8-23(34-27)28(37)35-22-6-5-18(20-17-32-9-7-19(20)16-30)15-24(22)36-13-11-31-12-14-36;2*1-2/h2-10,15,17,31H,11-14H2,1H3,(H,35,37);1-2H3;2H,1H3. The third-order valence-electron chi connectivity index (χ3n) is 6.26. The molecule has 218 valence electrons. The van der Waals surface area contributed by atoms with Crippen LogP contribution in [0.4, 0.5) is 15.8 Å². The zero-order valence-electron chi connectivity index (χ0n) is 24.1. The molecule has 10 nitrogen and oxygen atoms in total. The van der Waals surface area contributed by atoms with E-state index in [0.717, 1.165) is 44.5 Å². The highest BCUT2D eigenvalue weighted by atomic mass is 19.1. The van der Waals surface area contributed by atoms with Gasteiger partial charge in [-0.3, -0.25) is 9.78 Å². The molecule has 1 saturated heterocycles. The van der Waals surface area contributed by atoms with Crippen molar-refractivity contribution in [3.63, 3.8) is 0 Å². The molecule has 1 aliphatic heterocycles. The van der Waals surface area contributed by atoms with Gasteiger partial charge in [0.2, 0.25) is 0 Å². The molecule has 11 heteroatoms. The number of aliphatic hydroxyl groups excluding tert-OH is 1. The van der Waals surface area contributed by atoms with Crippen molar-refractivity contribution in [2.45, 2.75) is 13.8 Å². The number of halogens is 1. The first-order valence-electron chi connectivity index (χ1n) is 13.4. The SMILES string of the molecule is CC.CO.COc1cccc(F)c1-c1nccc(C(=O)Nc2ccc(-c3cnccc3C#N)cc2N2CCNCC2)n1. The zero-order chi connectivity index (χ0) is 30.5. The highest BCUT2D eigenvalue weighted by Gasteiger charge is 2.20. The van der Waals surface area contributed by atoms with Gasteiger partial charge < -0.3 is 25.4 Å². The number of methoxy groups -OCH3 is 1. The topological polar surface area (TPSA) is 136 Å². The summed E-state index contributed by atoms with van der Waals surface area (Å²) in [5.74, 6) is -0.699. The Morgan fingerprint density at radius 3 is 2.60 bits per heavy atom. The van der Waals surface area contributed by atoms with E-state index in [1.807, 2.05) is 26.0 Å². The van der Waals surface area contributed by atoms with Crippen LogP contribution in [0.1, 0.15) is 29.9 Å². The normalized spacial score (nSPS) is 12.1. The van der Waals surface area contributed by atoms with E-state index in [9.17, 15) is 14.4 Å². The molecule has 1 aliphatic rings. The van der Waals surface area contributed by atoms with Crippen LogP contribution in [0.3, 0.4) is 0 Å². The van der Waals surface area contributed by atoms with Crippen molar-refractivity contribution in [1.82, 2.24) is 20.3 Å². The third-order valence-corrected chi connectivity index (χ3v) is 6.26. The van der Waals surface area contributed by atoms with Crippen molar-refractivity contribution in [1.29, 1.82) is 5.26 Å². The number of hydrogen-bond acceptors (Lipinski definition) is 9. The molecule has 1 fully saturated rings. The van der Waals surface area contributed by atoms with Gasteiger partial charge in [-0.25, -0.2) is 14.4 Å². The fraction of sp³-hybridized carbons (Fsp3) is 0.258. The molecule has 0 unspecified atom stereocenters. The van der Waals surface area contributed by atoms with Crippen molar-refractivity contribution in [3.8, 4) is 34.3 Å². The molecule has 0 saturated carbocycles. The molecule has 0 aliphatic carbocycles. The Morgan fingerprint density at radius 1 is 1.12 bits per heavy atom. The lowest BCUT2D eigenvalue weighted by molar-refractivity contribution is 0.102. The molecule has 1 amide bonds. The van der Waals surface area contributed by atoms with Gasteiger partial charge in [0.05, 0.1) is 35.7 Å². The Kier molecular flexibility index (Phi) is 11.9. The number of hydrogen-bond donors (Lipinski definition) is 3. The van der Waals surface area contributed by atoms with Gasteiger partial charge in [0.25, 0.3) is 5.91 Å². The number of anilines is 2. The van der Waals surface area contributed by atoms with Crippen LogP contribution in [0.15, 0.2) is 67.1 Å². The number of rotatable bonds is 6. The Morgan fingerprint density at radius 2 is 1.88 bits per heavy atom. The summed E-state index contributed by atoms with van der Waals surface area (Å²) in [6.45, 7) is 7.09. The molecule has 0 spiro atoms. The number of ether oxygens (including phenoxy) is 1. The van der Waals surface area contributed by atoms with Crippen molar-refractivity contribution in [3.05, 3.63) is 84.2 Å². The van der Waals surface area contributed by atoms with Crippen LogP contribution >= 0.6 is 0 Å². The molecule has 0 atom stereocenters. The number of aliphatic hydroxyl groups is 1. The van der Waals surface area contributed by atoms with Gasteiger partial charge in [0, 0.05) is 57.4 Å². The maximum atomic E-state index is 14.6. The molecule has 0 radical (unpaired) electrons. The Hall–Kier alpha value is -4.92. The number of piperazine rings is 1. The summed E-state index contributed by atoms with van der Waals surface area (Å²) in [7, 11) is 2.43. The van der Waals surface area contributed by atoms with Crippen LogP contribution in [0.25, 0.3) is 22.5 Å². The summed E-state index contributed by atoms with van der Waals surface area (Å²) < 4.78 is 19.9. The minimum Gasteiger partial charge on any atom is -0.496 e. The highest BCUT2D eigenvalue weighted by molar-refractivity contribution is 6.05. The lowest BCUT2D eigenvalue weighted by Gasteiger charge is -2.31. The first-order chi connectivity index (χ1) is 20.6. The fourth-order valence-electron chi connectivity index (χ4n) is 4.38. The van der Waals surface area contributed by atoms with E-state index in [1.54, 1.807) is 30.6 Å². The number of amides is 1. The average Bonchev–Trinajstić information content (AvgIpc) is 3.07. The second kappa shape index (κ2) is 15.8. The van der Waals surface area contributed by atoms with Crippen LogP contribution in [-0.4, -0.2) is 66.4 Å². The fourth-order valence-corrected chi connectivity index (χ4v) is 4.38. The number of carbonyl (C=O) groups excluding carboxylic acids is 1. The highest BCUT2D eigenvalue weighted by Crippen LogP contribution is 2.34. The van der Waals surface area contributed by atoms with Gasteiger partial charge in [-0.15, -0.1) is 0 Å². The maximum Gasteiger partial charge on any atom is 0.274 e. The van der Waals surface area contributed by atoms with Gasteiger partial charge in [-0.1, -0.05) is 26.0 Å². The average molecular weight is 572 g/mol. The monoisotopic (exact) mass is 571 g/mol. The molecule has 0 bridgehead atoms. The molecular formula is C31H34FN7O3. The molecule has 5 rings (SSSR count). The van der Waals surface area contributed by atoms with Crippen molar-refractivity contribution in [2.24, 2.45) is 0 Å². The van der Waals surface area contributed by atoms with Crippen LogP contribution in [-0.2, 0) is 0 Å². The molecule has 42 heavy (non-hydrogen) atoms. The zero-order valence-corrected chi connectivity index (χ0v) is 24.1. The molecule has 2 aromatic carbocycles. The number of carbonyl (C=O) groups is 1. The Labute approximate surface area is 244 Å². The summed E-state index contributed by atoms with van der Waals surface area (Å²) in [5.41, 5.74) is 3.61. The number of benzene rings is 2. The van der Waals surface area contributed by atoms with E-state index < -0.39 is 11.7 Å². The summed E-state index contributed by atoms with van der Waals surface area (Å²) >= 11 is 0. The number of nitrogens with one attached hydrogen (secondary N) is 2. The minimum absolute atomic E-state index is 0.0471. The van der Waals surface area contributed by atoms with Crippen molar-refractivity contribution >= 4 is 17.3 Å². The van der Waals surface area contributed by atoms with Gasteiger partial charge >= 0.3 is 0 Å². The maximum absolute atomic E-state index is 14.6. The van der Waals surface area contributed by atoms with E-state index in [1.165, 1.54) is 31.5 Å². The van der Waals surface area contributed by atoms with E-state index in [0.29, 0.717) is 16.8 Å². The number of nitrogens with zero attached hydrogens (tertiary/aromatic N) is 5. The smallest absolute Gasteiger partial charge is 0.274 e. The number of pyridine rings is 1. The Balaban J connectivity index is 0.00000116. The van der Waals surface area contributed by atoms with Gasteiger partial charge in [-0.2, -0.15) is 5.26 Å². The first-order valence-corrected chi connectivity index (χ1v) is 13.4. The predicted octanol–water partition coefficient (Wildman–Crippen LogP) is 4.52. The summed E-state index contributed by atoms with van der Waals surface area (Å²) in [5, 5.41) is 22.8. The van der Waals surface area contributed by atoms with E-state index in [2.05, 4.69) is 36.6 Å². The third kappa shape index (κ3) is 7.23. The predicted molar refractivity (Wildman–Crippen MR) is 161 cm³/mol. The summed E-state index contributed by atoms with van der Waals surface area (Å²) in [6.07, 6.45) is 4.66. The lowest BCUT2D eigenvalue weighted by atomic mass is 10.0. The minimum atomic E-state index is -0.550. The quantitative estimate of drug-likeness (QED) is 0.305. The van der Waals surface area contributed by atoms with E-state index >= 15 is 0 Å². The molecule has 2 aromatic heterocycles. The first kappa shape index (κ1) is 31.6. The second-order valence-corrected chi connectivity index (χ2v) is 8.54. The Bertz CT molecular complexity index is 1540. The lowest BCUT2D eigenvalue weighted by Crippen LogP contribution is -2.43. The molecule has 3 heterocycles. The van der Waals surface area contributed by atoms with Gasteiger partial charge in [0.1, 0.15) is 17.3 Å². The largest absolute Gasteiger partial charge is 0.496 e. The molecular weight excluding hydrogens is 537 g/mol. The molecule has 3 N–H and O–H groups in total. The van der Waals surface area contributed by atoms with Crippen LogP contribution in [0.2, 0.25) is 0 Å². The number of aromatic nitrogens is 3. The molecule has 4 aromatic rings. The summed E-state index contributed by atoms with van der Waals surface area (Å²) in [6, 6.07) is 15.4. The van der Waals surface area contributed by atoms with E-state index in [-0.39, 0.29) is 22.8 Å². The van der Waals surface area contributed by atoms with Crippen molar-refractivity contribution < 1.29 is 19.0 Å².